The van der Waals surface area contributed by atoms with Gasteiger partial charge in [-0.05, 0) is 49.8 Å². The standard InChI is InChI=1S/C17H27NO2/c1-5-18(6-2)16(20)8-7-13-17(3,4)14-9-11-15(19)12-10-14/h9-12,19H,5-8,13H2,1-4H3. The van der Waals surface area contributed by atoms with Crippen LogP contribution in [0.2, 0.25) is 0 Å². The molecule has 0 bridgehead atoms. The minimum absolute atomic E-state index is 0.0250. The highest BCUT2D eigenvalue weighted by atomic mass is 16.3. The predicted molar refractivity (Wildman–Crippen MR) is 82.9 cm³/mol. The summed E-state index contributed by atoms with van der Waals surface area (Å²) in [7, 11) is 0. The molecule has 3 heteroatoms. The summed E-state index contributed by atoms with van der Waals surface area (Å²) in [6, 6.07) is 7.36. The molecule has 20 heavy (non-hydrogen) atoms. The Hall–Kier alpha value is -1.51. The first-order valence-corrected chi connectivity index (χ1v) is 7.48. The molecule has 0 spiro atoms. The Kier molecular flexibility index (Phi) is 6.05. The molecule has 1 amide bonds. The molecule has 112 valence electrons. The molecule has 0 saturated heterocycles. The summed E-state index contributed by atoms with van der Waals surface area (Å²) in [6.07, 6.45) is 2.47. The number of hydrogen-bond acceptors (Lipinski definition) is 2. The van der Waals surface area contributed by atoms with Gasteiger partial charge in [0.15, 0.2) is 0 Å². The summed E-state index contributed by atoms with van der Waals surface area (Å²) in [4.78, 5) is 13.8. The number of nitrogens with zero attached hydrogens (tertiary/aromatic N) is 1. The normalized spacial score (nSPS) is 11.4. The highest BCUT2D eigenvalue weighted by Gasteiger charge is 2.21. The van der Waals surface area contributed by atoms with Gasteiger partial charge in [0.1, 0.15) is 5.75 Å². The van der Waals surface area contributed by atoms with Crippen molar-refractivity contribution in [3.05, 3.63) is 29.8 Å². The van der Waals surface area contributed by atoms with Crippen LogP contribution in [-0.4, -0.2) is 29.0 Å². The maximum absolute atomic E-state index is 12.0. The number of carbonyl (C=O) groups is 1. The van der Waals surface area contributed by atoms with Crippen molar-refractivity contribution in [2.24, 2.45) is 0 Å². The Morgan fingerprint density at radius 1 is 1.15 bits per heavy atom. The number of phenolic OH excluding ortho intramolecular Hbond substituents is 1. The molecule has 1 rings (SSSR count). The molecule has 1 aromatic carbocycles. The fourth-order valence-corrected chi connectivity index (χ4v) is 2.47. The van der Waals surface area contributed by atoms with Crippen LogP contribution in [0.25, 0.3) is 0 Å². The lowest BCUT2D eigenvalue weighted by atomic mass is 9.80. The van der Waals surface area contributed by atoms with Crippen LogP contribution in [0.1, 0.15) is 52.5 Å². The van der Waals surface area contributed by atoms with Crippen molar-refractivity contribution in [2.45, 2.75) is 52.4 Å². The van der Waals surface area contributed by atoms with E-state index in [9.17, 15) is 9.90 Å². The minimum Gasteiger partial charge on any atom is -0.508 e. The quantitative estimate of drug-likeness (QED) is 0.825. The predicted octanol–water partition coefficient (Wildman–Crippen LogP) is 3.71. The van der Waals surface area contributed by atoms with Gasteiger partial charge in [0, 0.05) is 19.5 Å². The van der Waals surface area contributed by atoms with E-state index in [-0.39, 0.29) is 11.3 Å². The van der Waals surface area contributed by atoms with Gasteiger partial charge in [-0.25, -0.2) is 0 Å². The third-order valence-corrected chi connectivity index (χ3v) is 3.96. The van der Waals surface area contributed by atoms with Gasteiger partial charge in [0.25, 0.3) is 0 Å². The van der Waals surface area contributed by atoms with E-state index in [0.29, 0.717) is 12.2 Å². The smallest absolute Gasteiger partial charge is 0.222 e. The second-order valence-electron chi connectivity index (χ2n) is 5.85. The van der Waals surface area contributed by atoms with Gasteiger partial charge in [-0.1, -0.05) is 26.0 Å². The van der Waals surface area contributed by atoms with Gasteiger partial charge in [0.05, 0.1) is 0 Å². The van der Waals surface area contributed by atoms with Crippen LogP contribution in [0.3, 0.4) is 0 Å². The number of aromatic hydroxyl groups is 1. The molecule has 0 radical (unpaired) electrons. The Bertz CT molecular complexity index is 419. The lowest BCUT2D eigenvalue weighted by Crippen LogP contribution is -2.30. The Balaban J connectivity index is 2.51. The number of benzene rings is 1. The Labute approximate surface area is 122 Å². The lowest BCUT2D eigenvalue weighted by molar-refractivity contribution is -0.130. The molecule has 1 N–H and O–H groups in total. The molecule has 0 aliphatic carbocycles. The van der Waals surface area contributed by atoms with E-state index in [4.69, 9.17) is 0 Å². The van der Waals surface area contributed by atoms with E-state index in [1.54, 1.807) is 12.1 Å². The van der Waals surface area contributed by atoms with E-state index >= 15 is 0 Å². The summed E-state index contributed by atoms with van der Waals surface area (Å²) in [5, 5.41) is 9.34. The van der Waals surface area contributed by atoms with E-state index in [2.05, 4.69) is 13.8 Å². The van der Waals surface area contributed by atoms with Crippen LogP contribution in [0.5, 0.6) is 5.75 Å². The number of carbonyl (C=O) groups excluding carboxylic acids is 1. The summed E-state index contributed by atoms with van der Waals surface area (Å²) in [6.45, 7) is 9.97. The van der Waals surface area contributed by atoms with Crippen LogP contribution < -0.4 is 0 Å². The van der Waals surface area contributed by atoms with Crippen molar-refractivity contribution in [3.63, 3.8) is 0 Å². The molecule has 0 saturated carbocycles. The van der Waals surface area contributed by atoms with E-state index in [1.165, 1.54) is 5.56 Å². The van der Waals surface area contributed by atoms with Gasteiger partial charge >= 0.3 is 0 Å². The first-order valence-electron chi connectivity index (χ1n) is 7.48. The number of phenols is 1. The first kappa shape index (κ1) is 16.5. The van der Waals surface area contributed by atoms with Crippen molar-refractivity contribution in [1.82, 2.24) is 4.90 Å². The van der Waals surface area contributed by atoms with Crippen molar-refractivity contribution < 1.29 is 9.90 Å². The minimum atomic E-state index is 0.0250. The number of rotatable bonds is 7. The summed E-state index contributed by atoms with van der Waals surface area (Å²) in [5.41, 5.74) is 1.22. The maximum Gasteiger partial charge on any atom is 0.222 e. The van der Waals surface area contributed by atoms with Crippen molar-refractivity contribution in [1.29, 1.82) is 0 Å². The van der Waals surface area contributed by atoms with Crippen molar-refractivity contribution >= 4 is 5.91 Å². The molecule has 0 unspecified atom stereocenters. The fourth-order valence-electron chi connectivity index (χ4n) is 2.47. The van der Waals surface area contributed by atoms with Gasteiger partial charge < -0.3 is 10.0 Å². The van der Waals surface area contributed by atoms with E-state index in [0.717, 1.165) is 25.9 Å². The van der Waals surface area contributed by atoms with Gasteiger partial charge in [0.2, 0.25) is 5.91 Å². The van der Waals surface area contributed by atoms with Crippen LogP contribution in [0.15, 0.2) is 24.3 Å². The molecule has 0 fully saturated rings. The Morgan fingerprint density at radius 3 is 2.20 bits per heavy atom. The van der Waals surface area contributed by atoms with Crippen LogP contribution >= 0.6 is 0 Å². The lowest BCUT2D eigenvalue weighted by Gasteiger charge is -2.26. The molecule has 0 aliphatic rings. The summed E-state index contributed by atoms with van der Waals surface area (Å²) >= 11 is 0. The van der Waals surface area contributed by atoms with Crippen molar-refractivity contribution in [2.75, 3.05) is 13.1 Å². The topological polar surface area (TPSA) is 40.5 Å². The number of hydrogen-bond donors (Lipinski definition) is 1. The zero-order chi connectivity index (χ0) is 15.2. The molecular weight excluding hydrogens is 250 g/mol. The maximum atomic E-state index is 12.0. The van der Waals surface area contributed by atoms with Crippen molar-refractivity contribution in [3.8, 4) is 5.75 Å². The number of amides is 1. The zero-order valence-corrected chi connectivity index (χ0v) is 13.1. The van der Waals surface area contributed by atoms with E-state index < -0.39 is 0 Å². The van der Waals surface area contributed by atoms with Gasteiger partial charge in [-0.15, -0.1) is 0 Å². The first-order chi connectivity index (χ1) is 9.40. The highest BCUT2D eigenvalue weighted by Crippen LogP contribution is 2.30. The second kappa shape index (κ2) is 7.32. The average molecular weight is 277 g/mol. The van der Waals surface area contributed by atoms with Crippen LogP contribution in [-0.2, 0) is 10.2 Å². The van der Waals surface area contributed by atoms with Crippen LogP contribution in [0, 0.1) is 0 Å². The monoisotopic (exact) mass is 277 g/mol. The van der Waals surface area contributed by atoms with Crippen LogP contribution in [0.4, 0.5) is 0 Å². The third kappa shape index (κ3) is 4.55. The zero-order valence-electron chi connectivity index (χ0n) is 13.1. The largest absolute Gasteiger partial charge is 0.508 e. The average Bonchev–Trinajstić information content (AvgIpc) is 2.40. The second-order valence-corrected chi connectivity index (χ2v) is 5.85. The third-order valence-electron chi connectivity index (χ3n) is 3.96. The molecule has 3 nitrogen and oxygen atoms in total. The molecule has 0 aromatic heterocycles. The summed E-state index contributed by atoms with van der Waals surface area (Å²) < 4.78 is 0. The molecule has 0 atom stereocenters. The fraction of sp³-hybridized carbons (Fsp3) is 0.588. The SMILES string of the molecule is CCN(CC)C(=O)CCCC(C)(C)c1ccc(O)cc1. The molecule has 0 aliphatic heterocycles. The molecule has 1 aromatic rings. The van der Waals surface area contributed by atoms with E-state index in [1.807, 2.05) is 30.9 Å². The van der Waals surface area contributed by atoms with Gasteiger partial charge in [-0.3, -0.25) is 4.79 Å². The molecular formula is C17H27NO2. The summed E-state index contributed by atoms with van der Waals surface area (Å²) in [5.74, 6) is 0.540. The molecule has 0 heterocycles. The van der Waals surface area contributed by atoms with Gasteiger partial charge in [-0.2, -0.15) is 0 Å². The highest BCUT2D eigenvalue weighted by molar-refractivity contribution is 5.76. The Morgan fingerprint density at radius 2 is 1.70 bits per heavy atom.